The Bertz CT molecular complexity index is 592. The van der Waals surface area contributed by atoms with E-state index in [0.29, 0.717) is 13.1 Å². The summed E-state index contributed by atoms with van der Waals surface area (Å²) in [7, 11) is 1.87. The van der Waals surface area contributed by atoms with E-state index in [2.05, 4.69) is 10.5 Å². The second kappa shape index (κ2) is 6.34. The monoisotopic (exact) mass is 273 g/mol. The van der Waals surface area contributed by atoms with Crippen molar-refractivity contribution in [3.8, 4) is 0 Å². The fourth-order valence-electron chi connectivity index (χ4n) is 1.99. The van der Waals surface area contributed by atoms with Crippen LogP contribution in [0.25, 0.3) is 0 Å². The van der Waals surface area contributed by atoms with Crippen molar-refractivity contribution in [2.75, 3.05) is 18.9 Å². The summed E-state index contributed by atoms with van der Waals surface area (Å²) in [6, 6.07) is 9.61. The number of rotatable bonds is 5. The molecule has 0 saturated carbocycles. The molecule has 0 atom stereocenters. The van der Waals surface area contributed by atoms with E-state index < -0.39 is 0 Å². The Hall–Kier alpha value is -2.14. The molecule has 1 heterocycles. The molecule has 1 amide bonds. The standard InChI is InChI=1S/C15H19N3O2/c1-11-5-4-6-13(7-11)16-15(19)10-18(3)9-14-8-12(2)20-17-14/h4-8H,9-10H2,1-3H3,(H,16,19). The lowest BCUT2D eigenvalue weighted by atomic mass is 10.2. The zero-order valence-corrected chi connectivity index (χ0v) is 12.0. The number of carbonyl (C=O) groups excluding carboxylic acids is 1. The van der Waals surface area contributed by atoms with Gasteiger partial charge < -0.3 is 9.84 Å². The first kappa shape index (κ1) is 14.3. The van der Waals surface area contributed by atoms with E-state index in [-0.39, 0.29) is 5.91 Å². The maximum atomic E-state index is 11.9. The molecule has 0 bridgehead atoms. The summed E-state index contributed by atoms with van der Waals surface area (Å²) in [6.07, 6.45) is 0. The Kier molecular flexibility index (Phi) is 4.53. The second-order valence-corrected chi connectivity index (χ2v) is 5.02. The number of hydrogen-bond acceptors (Lipinski definition) is 4. The Morgan fingerprint density at radius 1 is 1.35 bits per heavy atom. The number of aryl methyl sites for hydroxylation is 2. The van der Waals surface area contributed by atoms with Gasteiger partial charge in [0.1, 0.15) is 5.76 Å². The molecule has 20 heavy (non-hydrogen) atoms. The van der Waals surface area contributed by atoms with Crippen LogP contribution in [0.2, 0.25) is 0 Å². The van der Waals surface area contributed by atoms with Crippen LogP contribution in [0.4, 0.5) is 5.69 Å². The van der Waals surface area contributed by atoms with E-state index in [4.69, 9.17) is 4.52 Å². The van der Waals surface area contributed by atoms with Crippen LogP contribution in [0.5, 0.6) is 0 Å². The van der Waals surface area contributed by atoms with Crippen LogP contribution in [-0.2, 0) is 11.3 Å². The zero-order chi connectivity index (χ0) is 14.5. The molecule has 0 fully saturated rings. The van der Waals surface area contributed by atoms with Gasteiger partial charge in [0.15, 0.2) is 0 Å². The normalized spacial score (nSPS) is 10.8. The molecule has 0 spiro atoms. The molecule has 5 nitrogen and oxygen atoms in total. The molecule has 0 aliphatic carbocycles. The molecule has 1 aromatic carbocycles. The average molecular weight is 273 g/mol. The third-order valence-electron chi connectivity index (χ3n) is 2.82. The molecule has 0 saturated heterocycles. The van der Waals surface area contributed by atoms with E-state index in [9.17, 15) is 4.79 Å². The number of nitrogens with one attached hydrogen (secondary N) is 1. The molecule has 2 rings (SSSR count). The summed E-state index contributed by atoms with van der Waals surface area (Å²) in [5.41, 5.74) is 2.77. The molecule has 0 aliphatic rings. The van der Waals surface area contributed by atoms with Crippen LogP contribution < -0.4 is 5.32 Å². The predicted molar refractivity (Wildman–Crippen MR) is 77.4 cm³/mol. The Morgan fingerprint density at radius 3 is 2.80 bits per heavy atom. The topological polar surface area (TPSA) is 58.4 Å². The van der Waals surface area contributed by atoms with Gasteiger partial charge in [-0.3, -0.25) is 9.69 Å². The van der Waals surface area contributed by atoms with Crippen molar-refractivity contribution in [2.45, 2.75) is 20.4 Å². The van der Waals surface area contributed by atoms with Crippen molar-refractivity contribution < 1.29 is 9.32 Å². The Balaban J connectivity index is 1.84. The van der Waals surface area contributed by atoms with Crippen LogP contribution in [0.3, 0.4) is 0 Å². The highest BCUT2D eigenvalue weighted by Crippen LogP contribution is 2.10. The van der Waals surface area contributed by atoms with Crippen molar-refractivity contribution in [3.05, 3.63) is 47.3 Å². The highest BCUT2D eigenvalue weighted by molar-refractivity contribution is 5.92. The number of amides is 1. The van der Waals surface area contributed by atoms with Crippen LogP contribution in [0, 0.1) is 13.8 Å². The van der Waals surface area contributed by atoms with Crippen molar-refractivity contribution in [3.63, 3.8) is 0 Å². The van der Waals surface area contributed by atoms with Gasteiger partial charge in [-0.05, 0) is 38.6 Å². The van der Waals surface area contributed by atoms with Crippen LogP contribution in [0.1, 0.15) is 17.0 Å². The van der Waals surface area contributed by atoms with Crippen molar-refractivity contribution in [1.29, 1.82) is 0 Å². The SMILES string of the molecule is Cc1cccc(NC(=O)CN(C)Cc2cc(C)on2)c1. The number of benzene rings is 1. The van der Waals surface area contributed by atoms with E-state index in [1.807, 2.05) is 56.1 Å². The lowest BCUT2D eigenvalue weighted by molar-refractivity contribution is -0.117. The first-order valence-electron chi connectivity index (χ1n) is 6.50. The van der Waals surface area contributed by atoms with Crippen LogP contribution >= 0.6 is 0 Å². The molecular weight excluding hydrogens is 254 g/mol. The summed E-state index contributed by atoms with van der Waals surface area (Å²) >= 11 is 0. The average Bonchev–Trinajstić information content (AvgIpc) is 2.74. The third-order valence-corrected chi connectivity index (χ3v) is 2.82. The first-order chi connectivity index (χ1) is 9.52. The highest BCUT2D eigenvalue weighted by Gasteiger charge is 2.09. The Labute approximate surface area is 118 Å². The lowest BCUT2D eigenvalue weighted by Gasteiger charge is -2.14. The van der Waals surface area contributed by atoms with Gasteiger partial charge in [-0.25, -0.2) is 0 Å². The summed E-state index contributed by atoms with van der Waals surface area (Å²) < 4.78 is 5.00. The zero-order valence-electron chi connectivity index (χ0n) is 12.0. The van der Waals surface area contributed by atoms with Gasteiger partial charge in [0.2, 0.25) is 5.91 Å². The maximum absolute atomic E-state index is 11.9. The number of aromatic nitrogens is 1. The fraction of sp³-hybridized carbons (Fsp3) is 0.333. The number of carbonyl (C=O) groups is 1. The van der Waals surface area contributed by atoms with Gasteiger partial charge in [-0.1, -0.05) is 17.3 Å². The predicted octanol–water partition coefficient (Wildman–Crippen LogP) is 2.36. The quantitative estimate of drug-likeness (QED) is 0.908. The molecule has 1 aromatic heterocycles. The van der Waals surface area contributed by atoms with E-state index in [0.717, 1.165) is 22.7 Å². The number of anilines is 1. The van der Waals surface area contributed by atoms with Gasteiger partial charge in [-0.2, -0.15) is 0 Å². The molecular formula is C15H19N3O2. The highest BCUT2D eigenvalue weighted by atomic mass is 16.5. The lowest BCUT2D eigenvalue weighted by Crippen LogP contribution is -2.29. The van der Waals surface area contributed by atoms with Gasteiger partial charge in [0.05, 0.1) is 12.2 Å². The van der Waals surface area contributed by atoms with E-state index in [1.54, 1.807) is 0 Å². The minimum atomic E-state index is -0.0432. The summed E-state index contributed by atoms with van der Waals surface area (Å²) in [5.74, 6) is 0.732. The van der Waals surface area contributed by atoms with E-state index >= 15 is 0 Å². The molecule has 2 aromatic rings. The fourth-order valence-corrected chi connectivity index (χ4v) is 1.99. The van der Waals surface area contributed by atoms with E-state index in [1.165, 1.54) is 0 Å². The number of hydrogen-bond donors (Lipinski definition) is 1. The molecule has 0 aliphatic heterocycles. The minimum Gasteiger partial charge on any atom is -0.361 e. The van der Waals surface area contributed by atoms with Crippen LogP contribution in [0.15, 0.2) is 34.9 Å². The second-order valence-electron chi connectivity index (χ2n) is 5.02. The smallest absolute Gasteiger partial charge is 0.238 e. The number of likely N-dealkylation sites (N-methyl/N-ethyl adjacent to an activating group) is 1. The van der Waals surface area contributed by atoms with Gasteiger partial charge >= 0.3 is 0 Å². The Morgan fingerprint density at radius 2 is 2.15 bits per heavy atom. The van der Waals surface area contributed by atoms with Crippen molar-refractivity contribution in [2.24, 2.45) is 0 Å². The molecule has 106 valence electrons. The summed E-state index contributed by atoms with van der Waals surface area (Å²) in [4.78, 5) is 13.8. The van der Waals surface area contributed by atoms with Crippen molar-refractivity contribution >= 4 is 11.6 Å². The maximum Gasteiger partial charge on any atom is 0.238 e. The van der Waals surface area contributed by atoms with Crippen molar-refractivity contribution in [1.82, 2.24) is 10.1 Å². The molecule has 0 unspecified atom stereocenters. The summed E-state index contributed by atoms with van der Waals surface area (Å²) in [6.45, 7) is 4.73. The molecule has 0 radical (unpaired) electrons. The third kappa shape index (κ3) is 4.20. The molecule has 1 N–H and O–H groups in total. The molecule has 5 heteroatoms. The first-order valence-corrected chi connectivity index (χ1v) is 6.50. The van der Waals surface area contributed by atoms with Gasteiger partial charge in [0.25, 0.3) is 0 Å². The van der Waals surface area contributed by atoms with Gasteiger partial charge in [-0.15, -0.1) is 0 Å². The number of nitrogens with zero attached hydrogens (tertiary/aromatic N) is 2. The van der Waals surface area contributed by atoms with Gasteiger partial charge in [0, 0.05) is 18.3 Å². The largest absolute Gasteiger partial charge is 0.361 e. The summed E-state index contributed by atoms with van der Waals surface area (Å²) in [5, 5.41) is 6.79. The van der Waals surface area contributed by atoms with Crippen LogP contribution in [-0.4, -0.2) is 29.6 Å². The minimum absolute atomic E-state index is 0.0432.